The lowest BCUT2D eigenvalue weighted by molar-refractivity contribution is 0.343. The molecule has 16 heavy (non-hydrogen) atoms. The Morgan fingerprint density at radius 3 is 3.19 bits per heavy atom. The van der Waals surface area contributed by atoms with E-state index in [2.05, 4.69) is 11.9 Å². The van der Waals surface area contributed by atoms with E-state index in [9.17, 15) is 0 Å². The molecule has 1 heterocycles. The summed E-state index contributed by atoms with van der Waals surface area (Å²) in [5.41, 5.74) is 0.913. The lowest BCUT2D eigenvalue weighted by Gasteiger charge is -1.99. The van der Waals surface area contributed by atoms with Gasteiger partial charge in [0.2, 0.25) is 0 Å². The van der Waals surface area contributed by atoms with E-state index in [1.54, 1.807) is 11.3 Å². The molecule has 0 unspecified atom stereocenters. The molecule has 1 aromatic heterocycles. The van der Waals surface area contributed by atoms with E-state index in [0.29, 0.717) is 11.6 Å². The first kappa shape index (κ1) is 12.0. The fourth-order valence-electron chi connectivity index (χ4n) is 1.27. The van der Waals surface area contributed by atoms with Crippen LogP contribution in [-0.4, -0.2) is 23.1 Å². The molecule has 0 spiro atoms. The predicted molar refractivity (Wildman–Crippen MR) is 73.1 cm³/mol. The first-order chi connectivity index (χ1) is 7.79. The fraction of sp³-hybridized carbons (Fsp3) is 0.364. The van der Waals surface area contributed by atoms with Crippen LogP contribution in [0.1, 0.15) is 6.92 Å². The van der Waals surface area contributed by atoms with Gasteiger partial charge in [0.15, 0.2) is 0 Å². The smallest absolute Gasteiger partial charge is 0.274 e. The van der Waals surface area contributed by atoms with Crippen molar-refractivity contribution in [1.29, 1.82) is 0 Å². The number of hydrogen-bond donors (Lipinski definition) is 0. The van der Waals surface area contributed by atoms with E-state index in [0.717, 1.165) is 26.9 Å². The second-order valence-electron chi connectivity index (χ2n) is 3.14. The zero-order valence-electron chi connectivity index (χ0n) is 8.90. The maximum absolute atomic E-state index is 5.89. The highest BCUT2D eigenvalue weighted by Gasteiger charge is 2.04. The van der Waals surface area contributed by atoms with Crippen molar-refractivity contribution in [2.45, 2.75) is 6.92 Å². The van der Waals surface area contributed by atoms with Crippen molar-refractivity contribution in [2.75, 3.05) is 18.1 Å². The molecule has 0 amide bonds. The molecular weight excluding hydrogens is 262 g/mol. The lowest BCUT2D eigenvalue weighted by Crippen LogP contribution is -1.99. The molecule has 0 saturated heterocycles. The summed E-state index contributed by atoms with van der Waals surface area (Å²) in [5, 5.41) is 1.44. The van der Waals surface area contributed by atoms with Crippen molar-refractivity contribution in [3.8, 4) is 5.19 Å². The Kier molecular flexibility index (Phi) is 4.32. The van der Waals surface area contributed by atoms with E-state index in [1.807, 2.05) is 30.0 Å². The summed E-state index contributed by atoms with van der Waals surface area (Å²) in [5.74, 6) is 2.13. The van der Waals surface area contributed by atoms with E-state index < -0.39 is 0 Å². The minimum atomic E-state index is 0.714. The van der Waals surface area contributed by atoms with Gasteiger partial charge in [0.1, 0.15) is 0 Å². The Morgan fingerprint density at radius 2 is 2.38 bits per heavy atom. The highest BCUT2D eigenvalue weighted by Crippen LogP contribution is 2.29. The minimum absolute atomic E-state index is 0.714. The Labute approximate surface area is 108 Å². The Hall–Kier alpha value is -0.450. The van der Waals surface area contributed by atoms with Gasteiger partial charge in [0.25, 0.3) is 5.19 Å². The van der Waals surface area contributed by atoms with E-state index in [-0.39, 0.29) is 0 Å². The molecule has 0 fully saturated rings. The molecule has 2 nitrogen and oxygen atoms in total. The molecule has 0 aliphatic carbocycles. The number of benzene rings is 1. The van der Waals surface area contributed by atoms with Gasteiger partial charge < -0.3 is 4.74 Å². The molecule has 0 aliphatic rings. The monoisotopic (exact) mass is 273 g/mol. The maximum atomic E-state index is 5.89. The van der Waals surface area contributed by atoms with Gasteiger partial charge in [-0.15, -0.1) is 0 Å². The molecule has 0 radical (unpaired) electrons. The highest BCUT2D eigenvalue weighted by atomic mass is 35.5. The number of nitrogens with zero attached hydrogens (tertiary/aromatic N) is 1. The van der Waals surface area contributed by atoms with E-state index in [4.69, 9.17) is 16.3 Å². The topological polar surface area (TPSA) is 22.1 Å². The number of halogens is 1. The van der Waals surface area contributed by atoms with Crippen molar-refractivity contribution in [3.63, 3.8) is 0 Å². The number of rotatable bonds is 5. The largest absolute Gasteiger partial charge is 0.469 e. The molecule has 86 valence electrons. The summed E-state index contributed by atoms with van der Waals surface area (Å²) < 4.78 is 6.69. The number of thiazole rings is 1. The summed E-state index contributed by atoms with van der Waals surface area (Å²) in [6.45, 7) is 2.86. The third kappa shape index (κ3) is 3.03. The van der Waals surface area contributed by atoms with Crippen LogP contribution in [0.2, 0.25) is 5.02 Å². The van der Waals surface area contributed by atoms with Crippen LogP contribution < -0.4 is 4.74 Å². The zero-order chi connectivity index (χ0) is 11.4. The van der Waals surface area contributed by atoms with Gasteiger partial charge in [-0.1, -0.05) is 29.9 Å². The van der Waals surface area contributed by atoms with Crippen LogP contribution in [0.25, 0.3) is 10.2 Å². The van der Waals surface area contributed by atoms with E-state index in [1.165, 1.54) is 0 Å². The molecular formula is C11H12ClNOS2. The molecule has 2 rings (SSSR count). The zero-order valence-corrected chi connectivity index (χ0v) is 11.3. The van der Waals surface area contributed by atoms with Crippen molar-refractivity contribution in [3.05, 3.63) is 23.2 Å². The molecule has 0 N–H and O–H groups in total. The fourth-order valence-corrected chi connectivity index (χ4v) is 2.75. The average Bonchev–Trinajstić information content (AvgIpc) is 2.66. The molecule has 0 atom stereocenters. The second-order valence-corrected chi connectivity index (χ2v) is 5.96. The number of hydrogen-bond acceptors (Lipinski definition) is 4. The van der Waals surface area contributed by atoms with Gasteiger partial charge in [-0.05, 0) is 24.0 Å². The molecule has 2 aromatic rings. The van der Waals surface area contributed by atoms with Gasteiger partial charge in [-0.3, -0.25) is 0 Å². The van der Waals surface area contributed by atoms with Crippen LogP contribution >= 0.6 is 34.7 Å². The molecule has 0 saturated carbocycles. The highest BCUT2D eigenvalue weighted by molar-refractivity contribution is 7.99. The number of aromatic nitrogens is 1. The lowest BCUT2D eigenvalue weighted by atomic mass is 10.3. The molecule has 0 aliphatic heterocycles. The number of thioether (sulfide) groups is 1. The summed E-state index contributed by atoms with van der Waals surface area (Å²) >= 11 is 9.32. The standard InChI is InChI=1S/C11H12ClNOS2/c1-2-15-6-5-14-11-13-9-7-8(12)3-4-10(9)16-11/h3-4,7H,2,5-6H2,1H3. The minimum Gasteiger partial charge on any atom is -0.469 e. The van der Waals surface area contributed by atoms with Crippen LogP contribution in [0.5, 0.6) is 5.19 Å². The van der Waals surface area contributed by atoms with Crippen LogP contribution in [-0.2, 0) is 0 Å². The van der Waals surface area contributed by atoms with Crippen LogP contribution in [0.15, 0.2) is 18.2 Å². The first-order valence-corrected chi connectivity index (χ1v) is 7.41. The number of fused-ring (bicyclic) bond motifs is 1. The SMILES string of the molecule is CCSCCOc1nc2cc(Cl)ccc2s1. The van der Waals surface area contributed by atoms with Gasteiger partial charge in [-0.2, -0.15) is 11.8 Å². The second kappa shape index (κ2) is 5.75. The van der Waals surface area contributed by atoms with Crippen LogP contribution in [0.3, 0.4) is 0 Å². The van der Waals surface area contributed by atoms with Gasteiger partial charge in [0.05, 0.1) is 16.8 Å². The molecule has 0 bridgehead atoms. The van der Waals surface area contributed by atoms with Gasteiger partial charge in [0, 0.05) is 10.8 Å². The van der Waals surface area contributed by atoms with Crippen molar-refractivity contribution in [1.82, 2.24) is 4.98 Å². The molecule has 5 heteroatoms. The maximum Gasteiger partial charge on any atom is 0.274 e. The Bertz CT molecular complexity index is 472. The average molecular weight is 274 g/mol. The third-order valence-corrected chi connectivity index (χ3v) is 4.03. The summed E-state index contributed by atoms with van der Waals surface area (Å²) in [4.78, 5) is 4.37. The van der Waals surface area contributed by atoms with Crippen LogP contribution in [0, 0.1) is 0 Å². The normalized spacial score (nSPS) is 10.9. The molecule has 1 aromatic carbocycles. The van der Waals surface area contributed by atoms with Crippen molar-refractivity contribution >= 4 is 44.9 Å². The first-order valence-electron chi connectivity index (χ1n) is 5.06. The Balaban J connectivity index is 2.02. The number of ether oxygens (including phenoxy) is 1. The third-order valence-electron chi connectivity index (χ3n) is 1.99. The quantitative estimate of drug-likeness (QED) is 0.767. The predicted octanol–water partition coefficient (Wildman–Crippen LogP) is 4.08. The van der Waals surface area contributed by atoms with Crippen molar-refractivity contribution in [2.24, 2.45) is 0 Å². The van der Waals surface area contributed by atoms with E-state index >= 15 is 0 Å². The van der Waals surface area contributed by atoms with Gasteiger partial charge >= 0.3 is 0 Å². The summed E-state index contributed by atoms with van der Waals surface area (Å²) in [6.07, 6.45) is 0. The van der Waals surface area contributed by atoms with Crippen molar-refractivity contribution < 1.29 is 4.74 Å². The summed E-state index contributed by atoms with van der Waals surface area (Å²) in [7, 11) is 0. The van der Waals surface area contributed by atoms with Crippen LogP contribution in [0.4, 0.5) is 0 Å². The summed E-state index contributed by atoms with van der Waals surface area (Å²) in [6, 6.07) is 5.71. The Morgan fingerprint density at radius 1 is 1.50 bits per heavy atom. The van der Waals surface area contributed by atoms with Gasteiger partial charge in [-0.25, -0.2) is 4.98 Å².